The van der Waals surface area contributed by atoms with Crippen LogP contribution in [-0.4, -0.2) is 6.67 Å². The van der Waals surface area contributed by atoms with E-state index in [2.05, 4.69) is 21.6 Å². The second-order valence-electron chi connectivity index (χ2n) is 2.43. The van der Waals surface area contributed by atoms with E-state index in [4.69, 9.17) is 0 Å². The highest BCUT2D eigenvalue weighted by atomic mass is 15.2. The molecule has 0 aliphatic carbocycles. The molecule has 3 heteroatoms. The van der Waals surface area contributed by atoms with E-state index in [1.165, 1.54) is 5.56 Å². The van der Waals surface area contributed by atoms with E-state index in [-0.39, 0.29) is 0 Å². The summed E-state index contributed by atoms with van der Waals surface area (Å²) in [4.78, 5) is 0. The Bertz CT molecular complexity index is 280. The molecule has 1 heterocycles. The molecule has 0 radical (unpaired) electrons. The Morgan fingerprint density at radius 3 is 3.09 bits per heavy atom. The van der Waals surface area contributed by atoms with Gasteiger partial charge in [0.25, 0.3) is 0 Å². The van der Waals surface area contributed by atoms with Crippen molar-refractivity contribution in [3.05, 3.63) is 29.8 Å². The average molecular weight is 147 g/mol. The summed E-state index contributed by atoms with van der Waals surface area (Å²) >= 11 is 0. The Balaban J connectivity index is 2.40. The minimum absolute atomic E-state index is 0.594. The summed E-state index contributed by atoms with van der Waals surface area (Å²) in [6.45, 7) is 1.29. The molecule has 0 unspecified atom stereocenters. The van der Waals surface area contributed by atoms with Crippen molar-refractivity contribution in [3.8, 4) is 0 Å². The van der Waals surface area contributed by atoms with Gasteiger partial charge in [-0.1, -0.05) is 18.2 Å². The third kappa shape index (κ3) is 1.22. The molecule has 0 fully saturated rings. The first-order chi connectivity index (χ1) is 5.47. The van der Waals surface area contributed by atoms with Crippen LogP contribution in [0.5, 0.6) is 0 Å². The lowest BCUT2D eigenvalue weighted by molar-refractivity contribution is 0.912. The maximum absolute atomic E-state index is 3.97. The number of hydrogen-bond acceptors (Lipinski definition) is 3. The van der Waals surface area contributed by atoms with Crippen LogP contribution in [0, 0.1) is 0 Å². The van der Waals surface area contributed by atoms with Gasteiger partial charge in [-0.3, -0.25) is 0 Å². The molecule has 0 atom stereocenters. The molecule has 1 aromatic carbocycles. The van der Waals surface area contributed by atoms with Crippen LogP contribution in [0.2, 0.25) is 0 Å². The van der Waals surface area contributed by atoms with Crippen molar-refractivity contribution in [2.24, 2.45) is 10.2 Å². The largest absolute Gasteiger partial charge is 0.364 e. The molecule has 1 aliphatic rings. The molecule has 1 aromatic rings. The van der Waals surface area contributed by atoms with Crippen LogP contribution in [0.15, 0.2) is 34.5 Å². The number of nitrogens with one attached hydrogen (secondary N) is 1. The quantitative estimate of drug-likeness (QED) is 0.598. The first kappa shape index (κ1) is 6.34. The molecule has 56 valence electrons. The molecular formula is C8H9N3. The van der Waals surface area contributed by atoms with Gasteiger partial charge in [0, 0.05) is 5.69 Å². The van der Waals surface area contributed by atoms with E-state index in [0.29, 0.717) is 13.2 Å². The minimum Gasteiger partial charge on any atom is -0.364 e. The fourth-order valence-electron chi connectivity index (χ4n) is 1.13. The smallest absolute Gasteiger partial charge is 0.128 e. The third-order valence-corrected chi connectivity index (χ3v) is 1.70. The second kappa shape index (κ2) is 2.70. The SMILES string of the molecule is c1ccc2c(c1)CN=NCN2. The van der Waals surface area contributed by atoms with Crippen molar-refractivity contribution >= 4 is 5.69 Å². The second-order valence-corrected chi connectivity index (χ2v) is 2.43. The molecule has 1 N–H and O–H groups in total. The highest BCUT2D eigenvalue weighted by Crippen LogP contribution is 2.17. The lowest BCUT2D eigenvalue weighted by atomic mass is 10.2. The van der Waals surface area contributed by atoms with Crippen molar-refractivity contribution in [1.29, 1.82) is 0 Å². The third-order valence-electron chi connectivity index (χ3n) is 1.70. The standard InChI is InChI=1S/C8H9N3/c1-2-4-8-7(3-1)5-10-11-6-9-8/h1-4,9H,5-6H2. The maximum atomic E-state index is 3.97. The summed E-state index contributed by atoms with van der Waals surface area (Å²) in [6.07, 6.45) is 0. The van der Waals surface area contributed by atoms with Gasteiger partial charge < -0.3 is 5.32 Å². The van der Waals surface area contributed by atoms with Gasteiger partial charge in [-0.25, -0.2) is 0 Å². The van der Waals surface area contributed by atoms with E-state index in [9.17, 15) is 0 Å². The normalized spacial score (nSPS) is 14.9. The van der Waals surface area contributed by atoms with Gasteiger partial charge in [-0.15, -0.1) is 0 Å². The number of nitrogens with zero attached hydrogens (tertiary/aromatic N) is 2. The number of benzene rings is 1. The molecule has 11 heavy (non-hydrogen) atoms. The van der Waals surface area contributed by atoms with Crippen LogP contribution in [0.4, 0.5) is 5.69 Å². The number of hydrogen-bond donors (Lipinski definition) is 1. The monoisotopic (exact) mass is 147 g/mol. The Morgan fingerprint density at radius 2 is 2.09 bits per heavy atom. The van der Waals surface area contributed by atoms with Gasteiger partial charge in [0.1, 0.15) is 6.67 Å². The van der Waals surface area contributed by atoms with Crippen molar-refractivity contribution in [3.63, 3.8) is 0 Å². The summed E-state index contributed by atoms with van der Waals surface area (Å²) < 4.78 is 0. The fourth-order valence-corrected chi connectivity index (χ4v) is 1.13. The first-order valence-corrected chi connectivity index (χ1v) is 3.62. The van der Waals surface area contributed by atoms with Gasteiger partial charge in [-0.2, -0.15) is 10.2 Å². The Kier molecular flexibility index (Phi) is 1.55. The zero-order valence-corrected chi connectivity index (χ0v) is 6.12. The van der Waals surface area contributed by atoms with Crippen molar-refractivity contribution in [1.82, 2.24) is 0 Å². The van der Waals surface area contributed by atoms with E-state index in [1.54, 1.807) is 0 Å². The van der Waals surface area contributed by atoms with Crippen molar-refractivity contribution < 1.29 is 0 Å². The lowest BCUT2D eigenvalue weighted by Gasteiger charge is -2.03. The molecule has 0 spiro atoms. The summed E-state index contributed by atoms with van der Waals surface area (Å²) in [6, 6.07) is 8.14. The lowest BCUT2D eigenvalue weighted by Crippen LogP contribution is -1.97. The van der Waals surface area contributed by atoms with Gasteiger partial charge in [0.2, 0.25) is 0 Å². The molecule has 0 amide bonds. The molecule has 2 rings (SSSR count). The zero-order chi connectivity index (χ0) is 7.52. The summed E-state index contributed by atoms with van der Waals surface area (Å²) in [5.41, 5.74) is 2.37. The Morgan fingerprint density at radius 1 is 1.18 bits per heavy atom. The number of rotatable bonds is 0. The number of anilines is 1. The maximum Gasteiger partial charge on any atom is 0.128 e. The number of fused-ring (bicyclic) bond motifs is 1. The molecule has 0 saturated carbocycles. The summed E-state index contributed by atoms with van der Waals surface area (Å²) in [5.74, 6) is 0. The minimum atomic E-state index is 0.594. The van der Waals surface area contributed by atoms with Gasteiger partial charge >= 0.3 is 0 Å². The molecule has 0 bridgehead atoms. The van der Waals surface area contributed by atoms with Gasteiger partial charge in [0.05, 0.1) is 6.54 Å². The van der Waals surface area contributed by atoms with E-state index in [0.717, 1.165) is 5.69 Å². The van der Waals surface area contributed by atoms with Crippen LogP contribution >= 0.6 is 0 Å². The van der Waals surface area contributed by atoms with E-state index in [1.807, 2.05) is 18.2 Å². The topological polar surface area (TPSA) is 36.8 Å². The Labute approximate surface area is 65.2 Å². The van der Waals surface area contributed by atoms with Gasteiger partial charge in [-0.05, 0) is 11.6 Å². The number of para-hydroxylation sites is 1. The predicted molar refractivity (Wildman–Crippen MR) is 43.5 cm³/mol. The van der Waals surface area contributed by atoms with E-state index >= 15 is 0 Å². The van der Waals surface area contributed by atoms with Crippen LogP contribution in [0.3, 0.4) is 0 Å². The zero-order valence-electron chi connectivity index (χ0n) is 6.12. The highest BCUT2D eigenvalue weighted by Gasteiger charge is 2.01. The molecular weight excluding hydrogens is 138 g/mol. The number of azo groups is 1. The van der Waals surface area contributed by atoms with Crippen LogP contribution in [0.25, 0.3) is 0 Å². The molecule has 3 nitrogen and oxygen atoms in total. The van der Waals surface area contributed by atoms with Gasteiger partial charge in [0.15, 0.2) is 0 Å². The van der Waals surface area contributed by atoms with Crippen molar-refractivity contribution in [2.45, 2.75) is 6.54 Å². The summed E-state index contributed by atoms with van der Waals surface area (Å²) in [7, 11) is 0. The highest BCUT2D eigenvalue weighted by molar-refractivity contribution is 5.51. The van der Waals surface area contributed by atoms with E-state index < -0.39 is 0 Å². The summed E-state index contributed by atoms with van der Waals surface area (Å²) in [5, 5.41) is 11.0. The van der Waals surface area contributed by atoms with Crippen LogP contribution in [-0.2, 0) is 6.54 Å². The molecule has 0 saturated heterocycles. The van der Waals surface area contributed by atoms with Crippen LogP contribution in [0.1, 0.15) is 5.56 Å². The van der Waals surface area contributed by atoms with Crippen LogP contribution < -0.4 is 5.32 Å². The molecule has 0 aromatic heterocycles. The first-order valence-electron chi connectivity index (χ1n) is 3.62. The molecule has 1 aliphatic heterocycles. The fraction of sp³-hybridized carbons (Fsp3) is 0.250. The average Bonchev–Trinajstić information content (AvgIpc) is 2.28. The van der Waals surface area contributed by atoms with Crippen molar-refractivity contribution in [2.75, 3.05) is 12.0 Å². The predicted octanol–water partition coefficient (Wildman–Crippen LogP) is 2.02. The Hall–Kier alpha value is -1.38.